The summed E-state index contributed by atoms with van der Waals surface area (Å²) < 4.78 is 0. The number of aliphatic hydroxyl groups is 1. The van der Waals surface area contributed by atoms with Gasteiger partial charge in [0, 0.05) is 12.4 Å². The lowest BCUT2D eigenvalue weighted by Crippen LogP contribution is -2.49. The van der Waals surface area contributed by atoms with E-state index in [1.54, 1.807) is 14.0 Å². The van der Waals surface area contributed by atoms with Gasteiger partial charge in [-0.1, -0.05) is 0 Å². The fraction of sp³-hybridized carbons (Fsp3) is 0.875. The SMILES string of the molecule is CNC(C)(CSCCCO)C(=O)O. The van der Waals surface area contributed by atoms with Gasteiger partial charge in [-0.25, -0.2) is 0 Å². The van der Waals surface area contributed by atoms with E-state index in [9.17, 15) is 4.79 Å². The Labute approximate surface area is 82.7 Å². The third kappa shape index (κ3) is 4.50. The van der Waals surface area contributed by atoms with Crippen molar-refractivity contribution in [2.75, 3.05) is 25.2 Å². The molecule has 0 saturated heterocycles. The Kier molecular flexibility index (Phi) is 6.11. The number of carbonyl (C=O) groups is 1. The van der Waals surface area contributed by atoms with Gasteiger partial charge in [0.25, 0.3) is 0 Å². The molecule has 0 bridgehead atoms. The molecule has 1 unspecified atom stereocenters. The molecule has 0 radical (unpaired) electrons. The maximum Gasteiger partial charge on any atom is 0.324 e. The molecule has 0 spiro atoms. The second-order valence-electron chi connectivity index (χ2n) is 3.02. The molecule has 0 saturated carbocycles. The first kappa shape index (κ1) is 12.7. The van der Waals surface area contributed by atoms with E-state index < -0.39 is 11.5 Å². The van der Waals surface area contributed by atoms with Crippen LogP contribution in [0.15, 0.2) is 0 Å². The lowest BCUT2D eigenvalue weighted by atomic mass is 10.1. The van der Waals surface area contributed by atoms with Crippen molar-refractivity contribution >= 4 is 17.7 Å². The van der Waals surface area contributed by atoms with Crippen molar-refractivity contribution in [2.45, 2.75) is 18.9 Å². The summed E-state index contributed by atoms with van der Waals surface area (Å²) >= 11 is 1.53. The third-order valence-electron chi connectivity index (χ3n) is 1.86. The Morgan fingerprint density at radius 2 is 2.23 bits per heavy atom. The van der Waals surface area contributed by atoms with Gasteiger partial charge < -0.3 is 15.5 Å². The summed E-state index contributed by atoms with van der Waals surface area (Å²) in [6.45, 7) is 1.82. The Balaban J connectivity index is 3.78. The second-order valence-corrected chi connectivity index (χ2v) is 4.12. The molecule has 1 atom stereocenters. The minimum atomic E-state index is -0.861. The van der Waals surface area contributed by atoms with E-state index >= 15 is 0 Å². The van der Waals surface area contributed by atoms with Crippen LogP contribution in [0.3, 0.4) is 0 Å². The van der Waals surface area contributed by atoms with Crippen LogP contribution in [0.4, 0.5) is 0 Å². The number of carboxylic acids is 1. The van der Waals surface area contributed by atoms with Gasteiger partial charge in [0.05, 0.1) is 0 Å². The average Bonchev–Trinajstić information content (AvgIpc) is 2.12. The van der Waals surface area contributed by atoms with E-state index in [2.05, 4.69) is 5.32 Å². The van der Waals surface area contributed by atoms with Crippen LogP contribution in [-0.4, -0.2) is 46.9 Å². The summed E-state index contributed by atoms with van der Waals surface area (Å²) in [6, 6.07) is 0. The summed E-state index contributed by atoms with van der Waals surface area (Å²) in [6.07, 6.45) is 0.712. The van der Waals surface area contributed by atoms with Crippen LogP contribution in [0, 0.1) is 0 Å². The topological polar surface area (TPSA) is 69.6 Å². The molecule has 0 rings (SSSR count). The van der Waals surface area contributed by atoms with E-state index in [-0.39, 0.29) is 6.61 Å². The zero-order chi connectivity index (χ0) is 10.3. The third-order valence-corrected chi connectivity index (χ3v) is 3.22. The van der Waals surface area contributed by atoms with Crippen molar-refractivity contribution in [3.8, 4) is 0 Å². The van der Waals surface area contributed by atoms with Crippen molar-refractivity contribution in [1.82, 2.24) is 5.32 Å². The standard InChI is InChI=1S/C8H17NO3S/c1-8(9-2,7(11)12)6-13-5-3-4-10/h9-10H,3-6H2,1-2H3,(H,11,12). The summed E-state index contributed by atoms with van der Waals surface area (Å²) in [5.41, 5.74) is -0.861. The Hall–Kier alpha value is -0.260. The quantitative estimate of drug-likeness (QED) is 0.519. The Bertz CT molecular complexity index is 165. The molecule has 0 aromatic rings. The number of aliphatic carboxylic acids is 1. The molecule has 0 fully saturated rings. The Morgan fingerprint density at radius 3 is 2.62 bits per heavy atom. The highest BCUT2D eigenvalue weighted by atomic mass is 32.2. The predicted octanol–water partition coefficient (Wildman–Crippen LogP) is 0.165. The van der Waals surface area contributed by atoms with Crippen molar-refractivity contribution in [1.29, 1.82) is 0 Å². The number of carboxylic acid groups (broad SMARTS) is 1. The highest BCUT2D eigenvalue weighted by Gasteiger charge is 2.30. The lowest BCUT2D eigenvalue weighted by molar-refractivity contribution is -0.142. The predicted molar refractivity (Wildman–Crippen MR) is 54.1 cm³/mol. The first-order chi connectivity index (χ1) is 6.06. The normalized spacial score (nSPS) is 15.3. The number of likely N-dealkylation sites (N-methyl/N-ethyl adjacent to an activating group) is 1. The molecule has 0 aliphatic carbocycles. The zero-order valence-corrected chi connectivity index (χ0v) is 8.86. The smallest absolute Gasteiger partial charge is 0.324 e. The zero-order valence-electron chi connectivity index (χ0n) is 8.04. The lowest BCUT2D eigenvalue weighted by Gasteiger charge is -2.23. The minimum Gasteiger partial charge on any atom is -0.480 e. The van der Waals surface area contributed by atoms with Gasteiger partial charge in [-0.2, -0.15) is 11.8 Å². The van der Waals surface area contributed by atoms with Crippen LogP contribution in [0.5, 0.6) is 0 Å². The number of hydrogen-bond donors (Lipinski definition) is 3. The van der Waals surface area contributed by atoms with Gasteiger partial charge in [-0.15, -0.1) is 0 Å². The van der Waals surface area contributed by atoms with Crippen LogP contribution >= 0.6 is 11.8 Å². The fourth-order valence-electron chi connectivity index (χ4n) is 0.684. The second kappa shape index (κ2) is 6.23. The maximum absolute atomic E-state index is 10.8. The van der Waals surface area contributed by atoms with Crippen LogP contribution in [-0.2, 0) is 4.79 Å². The van der Waals surface area contributed by atoms with Crippen LogP contribution in [0.25, 0.3) is 0 Å². The fourth-order valence-corrected chi connectivity index (χ4v) is 1.84. The molecule has 4 nitrogen and oxygen atoms in total. The number of rotatable bonds is 7. The van der Waals surface area contributed by atoms with Gasteiger partial charge >= 0.3 is 5.97 Å². The maximum atomic E-state index is 10.8. The molecule has 13 heavy (non-hydrogen) atoms. The molecule has 0 aliphatic rings. The van der Waals surface area contributed by atoms with Gasteiger partial charge in [0.2, 0.25) is 0 Å². The van der Waals surface area contributed by atoms with E-state index in [1.807, 2.05) is 0 Å². The molecule has 0 heterocycles. The highest BCUT2D eigenvalue weighted by molar-refractivity contribution is 7.99. The number of aliphatic hydroxyl groups excluding tert-OH is 1. The van der Waals surface area contributed by atoms with Gasteiger partial charge in [0.15, 0.2) is 0 Å². The number of nitrogens with one attached hydrogen (secondary N) is 1. The van der Waals surface area contributed by atoms with Crippen molar-refractivity contribution < 1.29 is 15.0 Å². The highest BCUT2D eigenvalue weighted by Crippen LogP contribution is 2.13. The van der Waals surface area contributed by atoms with E-state index in [1.165, 1.54) is 11.8 Å². The first-order valence-corrected chi connectivity index (χ1v) is 5.33. The van der Waals surface area contributed by atoms with Gasteiger partial charge in [0.1, 0.15) is 5.54 Å². The largest absolute Gasteiger partial charge is 0.480 e. The summed E-state index contributed by atoms with van der Waals surface area (Å²) in [5.74, 6) is 0.464. The van der Waals surface area contributed by atoms with Crippen LogP contribution in [0.1, 0.15) is 13.3 Å². The number of thioether (sulfide) groups is 1. The van der Waals surface area contributed by atoms with E-state index in [4.69, 9.17) is 10.2 Å². The van der Waals surface area contributed by atoms with Crippen molar-refractivity contribution in [2.24, 2.45) is 0 Å². The molecule has 0 amide bonds. The average molecular weight is 207 g/mol. The van der Waals surface area contributed by atoms with Gasteiger partial charge in [-0.3, -0.25) is 4.79 Å². The van der Waals surface area contributed by atoms with Crippen LogP contribution < -0.4 is 5.32 Å². The van der Waals surface area contributed by atoms with Crippen molar-refractivity contribution in [3.63, 3.8) is 0 Å². The summed E-state index contributed by atoms with van der Waals surface area (Å²) in [5, 5.41) is 20.2. The van der Waals surface area contributed by atoms with E-state index in [0.717, 1.165) is 5.75 Å². The van der Waals surface area contributed by atoms with E-state index in [0.29, 0.717) is 12.2 Å². The molecule has 0 aromatic carbocycles. The summed E-state index contributed by atoms with van der Waals surface area (Å²) in [4.78, 5) is 10.8. The molecule has 0 aliphatic heterocycles. The van der Waals surface area contributed by atoms with Crippen LogP contribution in [0.2, 0.25) is 0 Å². The minimum absolute atomic E-state index is 0.163. The molecule has 78 valence electrons. The molecule has 3 N–H and O–H groups in total. The summed E-state index contributed by atoms with van der Waals surface area (Å²) in [7, 11) is 1.64. The molecule has 0 aromatic heterocycles. The monoisotopic (exact) mass is 207 g/mol. The first-order valence-electron chi connectivity index (χ1n) is 4.17. The molecular weight excluding hydrogens is 190 g/mol. The Morgan fingerprint density at radius 1 is 1.62 bits per heavy atom. The molecular formula is C8H17NO3S. The van der Waals surface area contributed by atoms with Gasteiger partial charge in [-0.05, 0) is 26.1 Å². The molecule has 5 heteroatoms. The number of hydrogen-bond acceptors (Lipinski definition) is 4. The van der Waals surface area contributed by atoms with Crippen molar-refractivity contribution in [3.05, 3.63) is 0 Å².